The number of rotatable bonds is 2. The molecule has 0 radical (unpaired) electrons. The smallest absolute Gasteiger partial charge is 0.267 e. The van der Waals surface area contributed by atoms with Crippen LogP contribution in [-0.4, -0.2) is 9.78 Å². The maximum atomic E-state index is 12.0. The van der Waals surface area contributed by atoms with Crippen LogP contribution in [0.1, 0.15) is 26.3 Å². The molecule has 1 heterocycles. The first-order valence-corrected chi connectivity index (χ1v) is 5.14. The van der Waals surface area contributed by atoms with Crippen LogP contribution in [0.5, 0.6) is 0 Å². The van der Waals surface area contributed by atoms with Crippen LogP contribution in [0.25, 0.3) is 0 Å². The minimum absolute atomic E-state index is 0.144. The third-order valence-electron chi connectivity index (χ3n) is 2.01. The fraction of sp³-hybridized carbons (Fsp3) is 0.455. The molecule has 0 atom stereocenters. The minimum Gasteiger partial charge on any atom is -0.267 e. The lowest BCUT2D eigenvalue weighted by Crippen LogP contribution is -2.37. The Hall–Kier alpha value is -1.09. The molecule has 0 fully saturated rings. The van der Waals surface area contributed by atoms with Gasteiger partial charge < -0.3 is 0 Å². The zero-order valence-electron chi connectivity index (χ0n) is 9.25. The van der Waals surface area contributed by atoms with E-state index in [2.05, 4.69) is 11.7 Å². The first kappa shape index (κ1) is 12.0. The summed E-state index contributed by atoms with van der Waals surface area (Å²) in [6.07, 6.45) is 3.64. The van der Waals surface area contributed by atoms with E-state index in [0.29, 0.717) is 17.0 Å². The number of nitrogens with zero attached hydrogens (tertiary/aromatic N) is 2. The molecule has 82 valence electrons. The Morgan fingerprint density at radius 1 is 1.60 bits per heavy atom. The predicted octanol–water partition coefficient (Wildman–Crippen LogP) is 2.38. The van der Waals surface area contributed by atoms with Crippen molar-refractivity contribution >= 4 is 11.6 Å². The van der Waals surface area contributed by atoms with Crippen LogP contribution in [0.15, 0.2) is 23.6 Å². The molecule has 4 heteroatoms. The van der Waals surface area contributed by atoms with Crippen LogP contribution in [0.4, 0.5) is 0 Å². The predicted molar refractivity (Wildman–Crippen MR) is 62.4 cm³/mol. The first-order valence-electron chi connectivity index (χ1n) is 4.76. The summed E-state index contributed by atoms with van der Waals surface area (Å²) in [7, 11) is 0. The van der Waals surface area contributed by atoms with Gasteiger partial charge in [-0.2, -0.15) is 5.10 Å². The average Bonchev–Trinajstić information content (AvgIpc) is 2.09. The van der Waals surface area contributed by atoms with E-state index in [1.165, 1.54) is 10.9 Å². The van der Waals surface area contributed by atoms with Gasteiger partial charge in [0.2, 0.25) is 0 Å². The van der Waals surface area contributed by atoms with Gasteiger partial charge in [0.05, 0.1) is 16.8 Å². The Morgan fingerprint density at radius 3 is 2.67 bits per heavy atom. The Labute approximate surface area is 94.4 Å². The molecular weight excluding hydrogens is 212 g/mol. The van der Waals surface area contributed by atoms with Crippen LogP contribution in [0, 0.1) is 0 Å². The van der Waals surface area contributed by atoms with E-state index in [9.17, 15) is 4.79 Å². The molecule has 1 aromatic rings. The molecule has 0 aliphatic heterocycles. The highest BCUT2D eigenvalue weighted by Gasteiger charge is 2.18. The van der Waals surface area contributed by atoms with Crippen LogP contribution in [0.3, 0.4) is 0 Å². The van der Waals surface area contributed by atoms with Crippen LogP contribution in [-0.2, 0) is 12.0 Å². The second-order valence-corrected chi connectivity index (χ2v) is 4.76. The van der Waals surface area contributed by atoms with Crippen molar-refractivity contribution < 1.29 is 0 Å². The van der Waals surface area contributed by atoms with Gasteiger partial charge in [-0.1, -0.05) is 17.7 Å². The van der Waals surface area contributed by atoms with Crippen molar-refractivity contribution in [3.05, 3.63) is 39.8 Å². The van der Waals surface area contributed by atoms with Crippen molar-refractivity contribution in [2.45, 2.75) is 32.7 Å². The zero-order chi connectivity index (χ0) is 11.6. The summed E-state index contributed by atoms with van der Waals surface area (Å²) < 4.78 is 1.44. The lowest BCUT2D eigenvalue weighted by molar-refractivity contribution is 0.336. The third-order valence-corrected chi connectivity index (χ3v) is 2.33. The van der Waals surface area contributed by atoms with Crippen LogP contribution < -0.4 is 5.56 Å². The molecule has 3 nitrogen and oxygen atoms in total. The summed E-state index contributed by atoms with van der Waals surface area (Å²) in [4.78, 5) is 12.0. The van der Waals surface area contributed by atoms with Gasteiger partial charge in [0.25, 0.3) is 5.56 Å². The minimum atomic E-state index is -0.336. The maximum absolute atomic E-state index is 12.0. The van der Waals surface area contributed by atoms with Gasteiger partial charge in [0.15, 0.2) is 0 Å². The van der Waals surface area contributed by atoms with E-state index in [-0.39, 0.29) is 11.1 Å². The van der Waals surface area contributed by atoms with Gasteiger partial charge in [0.1, 0.15) is 0 Å². The largest absolute Gasteiger partial charge is 0.272 e. The molecule has 0 aromatic carbocycles. The van der Waals surface area contributed by atoms with Crippen molar-refractivity contribution in [2.24, 2.45) is 0 Å². The SMILES string of the molecule is C=CCc1c(Cl)cnn(C(C)(C)C)c1=O. The van der Waals surface area contributed by atoms with Crippen molar-refractivity contribution in [1.29, 1.82) is 0 Å². The second-order valence-electron chi connectivity index (χ2n) is 4.35. The molecule has 15 heavy (non-hydrogen) atoms. The third kappa shape index (κ3) is 2.48. The highest BCUT2D eigenvalue weighted by atomic mass is 35.5. The van der Waals surface area contributed by atoms with Gasteiger partial charge in [-0.25, -0.2) is 4.68 Å². The Bertz CT molecular complexity index is 429. The highest BCUT2D eigenvalue weighted by Crippen LogP contribution is 2.14. The molecule has 0 aliphatic rings. The van der Waals surface area contributed by atoms with Crippen LogP contribution in [0.2, 0.25) is 5.02 Å². The summed E-state index contributed by atoms with van der Waals surface area (Å²) in [5, 5.41) is 4.43. The summed E-state index contributed by atoms with van der Waals surface area (Å²) >= 11 is 5.91. The van der Waals surface area contributed by atoms with E-state index in [4.69, 9.17) is 11.6 Å². The molecule has 0 aliphatic carbocycles. The highest BCUT2D eigenvalue weighted by molar-refractivity contribution is 6.31. The lowest BCUT2D eigenvalue weighted by Gasteiger charge is -2.21. The average molecular weight is 227 g/mol. The van der Waals surface area contributed by atoms with E-state index in [1.807, 2.05) is 20.8 Å². The number of aromatic nitrogens is 2. The second kappa shape index (κ2) is 4.19. The van der Waals surface area contributed by atoms with E-state index in [1.54, 1.807) is 6.08 Å². The summed E-state index contributed by atoms with van der Waals surface area (Å²) in [5.74, 6) is 0. The Balaban J connectivity index is 3.42. The number of hydrogen-bond donors (Lipinski definition) is 0. The normalized spacial score (nSPS) is 11.5. The van der Waals surface area contributed by atoms with E-state index in [0.717, 1.165) is 0 Å². The van der Waals surface area contributed by atoms with Gasteiger partial charge in [-0.05, 0) is 27.2 Å². The molecule has 0 N–H and O–H groups in total. The van der Waals surface area contributed by atoms with Crippen molar-refractivity contribution in [1.82, 2.24) is 9.78 Å². The monoisotopic (exact) mass is 226 g/mol. The Kier molecular flexibility index (Phi) is 3.35. The number of allylic oxidation sites excluding steroid dienone is 1. The molecule has 0 amide bonds. The lowest BCUT2D eigenvalue weighted by atomic mass is 10.1. The molecular formula is C11H15ClN2O. The zero-order valence-corrected chi connectivity index (χ0v) is 10.0. The molecule has 0 saturated heterocycles. The van der Waals surface area contributed by atoms with Gasteiger partial charge in [-0.15, -0.1) is 6.58 Å². The standard InChI is InChI=1S/C11H15ClN2O/c1-5-6-8-9(12)7-13-14(10(8)15)11(2,3)4/h5,7H,1,6H2,2-4H3. The maximum Gasteiger partial charge on any atom is 0.272 e. The topological polar surface area (TPSA) is 34.9 Å². The van der Waals surface area contributed by atoms with Crippen LogP contribution >= 0.6 is 11.6 Å². The van der Waals surface area contributed by atoms with Crippen molar-refractivity contribution in [3.63, 3.8) is 0 Å². The fourth-order valence-corrected chi connectivity index (χ4v) is 1.48. The molecule has 1 aromatic heterocycles. The summed E-state index contributed by atoms with van der Waals surface area (Å²) in [6, 6.07) is 0. The molecule has 0 saturated carbocycles. The van der Waals surface area contributed by atoms with Crippen molar-refractivity contribution in [2.75, 3.05) is 0 Å². The summed E-state index contributed by atoms with van der Waals surface area (Å²) in [6.45, 7) is 9.37. The van der Waals surface area contributed by atoms with Gasteiger partial charge in [0, 0.05) is 5.56 Å². The molecule has 1 rings (SSSR count). The molecule has 0 spiro atoms. The quantitative estimate of drug-likeness (QED) is 0.726. The first-order chi connectivity index (χ1) is 6.88. The van der Waals surface area contributed by atoms with Gasteiger partial charge >= 0.3 is 0 Å². The fourth-order valence-electron chi connectivity index (χ4n) is 1.28. The van der Waals surface area contributed by atoms with Crippen molar-refractivity contribution in [3.8, 4) is 0 Å². The Morgan fingerprint density at radius 2 is 2.20 bits per heavy atom. The molecule has 0 bridgehead atoms. The summed E-state index contributed by atoms with van der Waals surface area (Å²) in [5.41, 5.74) is 0.0731. The van der Waals surface area contributed by atoms with E-state index < -0.39 is 0 Å². The van der Waals surface area contributed by atoms with E-state index >= 15 is 0 Å². The van der Waals surface area contributed by atoms with Gasteiger partial charge in [-0.3, -0.25) is 4.79 Å². The number of halogens is 1. The molecule has 0 unspecified atom stereocenters. The number of hydrogen-bond acceptors (Lipinski definition) is 2.